The van der Waals surface area contributed by atoms with Crippen molar-refractivity contribution < 1.29 is 14.7 Å². The van der Waals surface area contributed by atoms with E-state index in [0.29, 0.717) is 17.8 Å². The van der Waals surface area contributed by atoms with E-state index in [1.54, 1.807) is 17.5 Å². The van der Waals surface area contributed by atoms with E-state index in [1.165, 1.54) is 16.2 Å². The molecule has 0 saturated carbocycles. The molecular weight excluding hydrogens is 228 g/mol. The van der Waals surface area contributed by atoms with E-state index in [9.17, 15) is 9.59 Å². The maximum atomic E-state index is 12.0. The van der Waals surface area contributed by atoms with Crippen LogP contribution < -0.4 is 5.73 Å². The molecular formula is C10H12N2O3S. The Bertz CT molecular complexity index is 404. The van der Waals surface area contributed by atoms with Crippen LogP contribution in [-0.2, 0) is 4.79 Å². The highest BCUT2D eigenvalue weighted by atomic mass is 32.1. The van der Waals surface area contributed by atoms with E-state index in [0.717, 1.165) is 0 Å². The van der Waals surface area contributed by atoms with E-state index in [2.05, 4.69) is 0 Å². The molecule has 3 N–H and O–H groups in total. The molecule has 1 amide bonds. The Morgan fingerprint density at radius 2 is 2.31 bits per heavy atom. The monoisotopic (exact) mass is 240 g/mol. The van der Waals surface area contributed by atoms with Crippen LogP contribution in [-0.4, -0.2) is 40.5 Å². The zero-order chi connectivity index (χ0) is 11.7. The van der Waals surface area contributed by atoms with Crippen LogP contribution >= 0.6 is 11.3 Å². The molecule has 1 aliphatic rings. The van der Waals surface area contributed by atoms with Gasteiger partial charge in [-0.05, 0) is 17.9 Å². The second-order valence-corrected chi connectivity index (χ2v) is 4.73. The Kier molecular flexibility index (Phi) is 2.93. The van der Waals surface area contributed by atoms with Crippen LogP contribution in [0.25, 0.3) is 0 Å². The predicted octanol–water partition coefficient (Wildman–Crippen LogP) is 0.375. The Hall–Kier alpha value is -1.40. The molecule has 5 nitrogen and oxygen atoms in total. The molecule has 2 rings (SSSR count). The number of nitrogens with zero attached hydrogens (tertiary/aromatic N) is 1. The first kappa shape index (κ1) is 11.1. The highest BCUT2D eigenvalue weighted by Gasteiger charge is 2.38. The van der Waals surface area contributed by atoms with Crippen LogP contribution in [0.3, 0.4) is 0 Å². The lowest BCUT2D eigenvalue weighted by Gasteiger charge is -2.20. The third-order valence-corrected chi connectivity index (χ3v) is 3.47. The van der Waals surface area contributed by atoms with Gasteiger partial charge in [-0.2, -0.15) is 0 Å². The minimum absolute atomic E-state index is 0.240. The van der Waals surface area contributed by atoms with Gasteiger partial charge in [-0.25, -0.2) is 4.79 Å². The van der Waals surface area contributed by atoms with Gasteiger partial charge >= 0.3 is 5.97 Å². The van der Waals surface area contributed by atoms with Crippen molar-refractivity contribution in [1.82, 2.24) is 4.90 Å². The predicted molar refractivity (Wildman–Crippen MR) is 59.4 cm³/mol. The number of aliphatic carboxylic acids is 1. The maximum Gasteiger partial charge on any atom is 0.326 e. The Balaban J connectivity index is 2.20. The fourth-order valence-corrected chi connectivity index (χ4v) is 2.55. The van der Waals surface area contributed by atoms with Crippen molar-refractivity contribution in [1.29, 1.82) is 0 Å². The summed E-state index contributed by atoms with van der Waals surface area (Å²) in [5, 5.41) is 10.8. The van der Waals surface area contributed by atoms with Gasteiger partial charge in [-0.3, -0.25) is 4.79 Å². The highest BCUT2D eigenvalue weighted by Crippen LogP contribution is 2.21. The summed E-state index contributed by atoms with van der Waals surface area (Å²) in [6.07, 6.45) is 0.326. The Morgan fingerprint density at radius 1 is 1.56 bits per heavy atom. The molecule has 1 saturated heterocycles. The zero-order valence-corrected chi connectivity index (χ0v) is 9.31. The van der Waals surface area contributed by atoms with E-state index in [4.69, 9.17) is 10.8 Å². The third kappa shape index (κ3) is 1.94. The molecule has 6 heteroatoms. The quantitative estimate of drug-likeness (QED) is 0.782. The van der Waals surface area contributed by atoms with E-state index in [-0.39, 0.29) is 11.9 Å². The van der Waals surface area contributed by atoms with Crippen molar-refractivity contribution in [2.24, 2.45) is 5.73 Å². The number of carboxylic acids is 1. The molecule has 86 valence electrons. The number of carboxylic acid groups (broad SMARTS) is 1. The van der Waals surface area contributed by atoms with Gasteiger partial charge in [0.05, 0.1) is 4.88 Å². The summed E-state index contributed by atoms with van der Waals surface area (Å²) in [5.74, 6) is -1.23. The van der Waals surface area contributed by atoms with Crippen molar-refractivity contribution >= 4 is 23.2 Å². The molecule has 0 aromatic carbocycles. The lowest BCUT2D eigenvalue weighted by molar-refractivity contribution is -0.141. The third-order valence-electron chi connectivity index (χ3n) is 2.61. The number of amides is 1. The number of thiophene rings is 1. The molecule has 0 aliphatic carbocycles. The summed E-state index contributed by atoms with van der Waals surface area (Å²) in [4.78, 5) is 24.9. The van der Waals surface area contributed by atoms with Crippen molar-refractivity contribution in [2.45, 2.75) is 18.5 Å². The molecule has 2 unspecified atom stereocenters. The van der Waals surface area contributed by atoms with Crippen molar-refractivity contribution in [2.75, 3.05) is 6.54 Å². The summed E-state index contributed by atoms with van der Waals surface area (Å²) in [7, 11) is 0. The number of hydrogen-bond acceptors (Lipinski definition) is 4. The van der Waals surface area contributed by atoms with Crippen LogP contribution in [0.1, 0.15) is 16.1 Å². The Morgan fingerprint density at radius 3 is 2.88 bits per heavy atom. The van der Waals surface area contributed by atoms with Gasteiger partial charge in [0.1, 0.15) is 6.04 Å². The lowest BCUT2D eigenvalue weighted by Crippen LogP contribution is -2.40. The van der Waals surface area contributed by atoms with Crippen molar-refractivity contribution in [3.8, 4) is 0 Å². The van der Waals surface area contributed by atoms with E-state index >= 15 is 0 Å². The SMILES string of the molecule is NC1CC(C(=O)O)N(C(=O)c2cccs2)C1. The van der Waals surface area contributed by atoms with Gasteiger partial charge in [-0.1, -0.05) is 6.07 Å². The largest absolute Gasteiger partial charge is 0.480 e. The first-order chi connectivity index (χ1) is 7.59. The molecule has 0 radical (unpaired) electrons. The number of carbonyl (C=O) groups is 2. The summed E-state index contributed by atoms with van der Waals surface area (Å²) in [6, 6.07) is 2.42. The second-order valence-electron chi connectivity index (χ2n) is 3.78. The average Bonchev–Trinajstić information content (AvgIpc) is 2.84. The van der Waals surface area contributed by atoms with Gasteiger partial charge in [0.15, 0.2) is 0 Å². The number of nitrogens with two attached hydrogens (primary N) is 1. The highest BCUT2D eigenvalue weighted by molar-refractivity contribution is 7.12. The minimum Gasteiger partial charge on any atom is -0.480 e. The molecule has 1 aromatic rings. The maximum absolute atomic E-state index is 12.0. The standard InChI is InChI=1S/C10H12N2O3S/c11-6-4-7(10(14)15)12(5-6)9(13)8-2-1-3-16-8/h1-3,6-7H,4-5,11H2,(H,14,15). The van der Waals surface area contributed by atoms with Crippen LogP contribution in [0.5, 0.6) is 0 Å². The normalized spacial score (nSPS) is 24.7. The molecule has 2 heterocycles. The van der Waals surface area contributed by atoms with Crippen LogP contribution in [0.2, 0.25) is 0 Å². The fourth-order valence-electron chi connectivity index (χ4n) is 1.87. The molecule has 1 aliphatic heterocycles. The van der Waals surface area contributed by atoms with Crippen molar-refractivity contribution in [3.05, 3.63) is 22.4 Å². The van der Waals surface area contributed by atoms with Crippen LogP contribution in [0.15, 0.2) is 17.5 Å². The Labute approximate surface area is 96.5 Å². The summed E-state index contributed by atoms with van der Waals surface area (Å²) < 4.78 is 0. The first-order valence-corrected chi connectivity index (χ1v) is 5.80. The molecule has 1 fully saturated rings. The topological polar surface area (TPSA) is 83.6 Å². The summed E-state index contributed by atoms with van der Waals surface area (Å²) >= 11 is 1.31. The smallest absolute Gasteiger partial charge is 0.326 e. The van der Waals surface area contributed by atoms with Crippen LogP contribution in [0.4, 0.5) is 0 Å². The van der Waals surface area contributed by atoms with Gasteiger partial charge < -0.3 is 15.7 Å². The number of likely N-dealkylation sites (tertiary alicyclic amines) is 1. The first-order valence-electron chi connectivity index (χ1n) is 4.92. The average molecular weight is 240 g/mol. The molecule has 2 atom stereocenters. The van der Waals surface area contributed by atoms with Gasteiger partial charge in [0.2, 0.25) is 0 Å². The minimum atomic E-state index is -0.988. The number of hydrogen-bond donors (Lipinski definition) is 2. The van der Waals surface area contributed by atoms with Crippen LogP contribution in [0, 0.1) is 0 Å². The molecule has 16 heavy (non-hydrogen) atoms. The number of rotatable bonds is 2. The molecule has 0 bridgehead atoms. The van der Waals surface area contributed by atoms with E-state index in [1.807, 2.05) is 0 Å². The van der Waals surface area contributed by atoms with Crippen molar-refractivity contribution in [3.63, 3.8) is 0 Å². The lowest BCUT2D eigenvalue weighted by atomic mass is 10.2. The second kappa shape index (κ2) is 4.23. The number of carbonyl (C=O) groups excluding carboxylic acids is 1. The molecule has 0 spiro atoms. The fraction of sp³-hybridized carbons (Fsp3) is 0.400. The van der Waals surface area contributed by atoms with E-state index < -0.39 is 12.0 Å². The molecule has 1 aromatic heterocycles. The summed E-state index contributed by atoms with van der Waals surface area (Å²) in [6.45, 7) is 0.313. The van der Waals surface area contributed by atoms with Gasteiger partial charge in [-0.15, -0.1) is 11.3 Å². The van der Waals surface area contributed by atoms with Gasteiger partial charge in [0.25, 0.3) is 5.91 Å². The zero-order valence-electron chi connectivity index (χ0n) is 8.50. The summed E-state index contributed by atoms with van der Waals surface area (Å²) in [5.41, 5.74) is 5.69. The van der Waals surface area contributed by atoms with Gasteiger partial charge in [0, 0.05) is 12.6 Å².